The Balaban J connectivity index is 1.57. The molecule has 3 rings (SSSR count). The first-order valence-electron chi connectivity index (χ1n) is 9.13. The molecule has 1 amide bonds. The summed E-state index contributed by atoms with van der Waals surface area (Å²) < 4.78 is 6.55. The number of rotatable bonds is 9. The van der Waals surface area contributed by atoms with Crippen LogP contribution in [0.2, 0.25) is 0 Å². The largest absolute Gasteiger partial charge is 0.385 e. The highest BCUT2D eigenvalue weighted by molar-refractivity contribution is 7.99. The summed E-state index contributed by atoms with van der Waals surface area (Å²) in [4.78, 5) is 24.2. The number of ether oxygens (including phenoxy) is 1. The maximum absolute atomic E-state index is 12.4. The van der Waals surface area contributed by atoms with Gasteiger partial charge >= 0.3 is 5.69 Å². The highest BCUT2D eigenvalue weighted by atomic mass is 32.2. The molecule has 0 saturated heterocycles. The van der Waals surface area contributed by atoms with Gasteiger partial charge in [-0.2, -0.15) is 0 Å². The molecule has 7 nitrogen and oxygen atoms in total. The molecule has 0 spiro atoms. The Morgan fingerprint density at radius 1 is 1.29 bits per heavy atom. The number of nitrogens with one attached hydrogen (secondary N) is 2. The van der Waals surface area contributed by atoms with Gasteiger partial charge in [0, 0.05) is 20.3 Å². The van der Waals surface area contributed by atoms with E-state index in [1.807, 2.05) is 25.1 Å². The minimum atomic E-state index is -0.274. The van der Waals surface area contributed by atoms with E-state index in [0.717, 1.165) is 10.9 Å². The van der Waals surface area contributed by atoms with Gasteiger partial charge in [-0.1, -0.05) is 48.2 Å². The van der Waals surface area contributed by atoms with Crippen molar-refractivity contribution >= 4 is 28.4 Å². The number of amides is 1. The molecule has 0 aliphatic rings. The second-order valence-corrected chi connectivity index (χ2v) is 7.44. The predicted octanol–water partition coefficient (Wildman–Crippen LogP) is 2.73. The van der Waals surface area contributed by atoms with E-state index in [1.54, 1.807) is 7.11 Å². The van der Waals surface area contributed by atoms with Gasteiger partial charge in [0.15, 0.2) is 5.16 Å². The third-order valence-electron chi connectivity index (χ3n) is 4.44. The molecule has 1 unspecified atom stereocenters. The van der Waals surface area contributed by atoms with Crippen molar-refractivity contribution in [3.05, 3.63) is 58.5 Å². The molecule has 1 aromatic heterocycles. The van der Waals surface area contributed by atoms with Gasteiger partial charge in [0.1, 0.15) is 0 Å². The van der Waals surface area contributed by atoms with Crippen LogP contribution in [0.4, 0.5) is 0 Å². The first kappa shape index (κ1) is 20.2. The quantitative estimate of drug-likeness (QED) is 0.426. The standard InChI is InChI=1S/C20H24N4O3S/c1-14(16-9-8-15-6-3-4-7-17(15)12-16)21-18(25)13-28-20-23-22-19(26)24(20)10-5-11-27-2/h3-4,6-9,12,14H,5,10-11,13H2,1-2H3,(H,21,25)(H,22,26). The number of carbonyl (C=O) groups excluding carboxylic acids is 1. The summed E-state index contributed by atoms with van der Waals surface area (Å²) in [5.41, 5.74) is 0.775. The normalized spacial score (nSPS) is 12.2. The molecule has 0 bridgehead atoms. The highest BCUT2D eigenvalue weighted by Gasteiger charge is 2.14. The Bertz CT molecular complexity index is 998. The molecule has 1 heterocycles. The number of carbonyl (C=O) groups is 1. The second kappa shape index (κ2) is 9.57. The molecule has 148 valence electrons. The Labute approximate surface area is 167 Å². The minimum absolute atomic E-state index is 0.107. The summed E-state index contributed by atoms with van der Waals surface area (Å²) in [6.45, 7) is 3.02. The van der Waals surface area contributed by atoms with Crippen LogP contribution in [0.25, 0.3) is 10.8 Å². The Hall–Kier alpha value is -2.58. The number of nitrogens with zero attached hydrogens (tertiary/aromatic N) is 2. The van der Waals surface area contributed by atoms with Crippen LogP contribution in [-0.2, 0) is 16.1 Å². The van der Waals surface area contributed by atoms with Crippen LogP contribution in [-0.4, -0.2) is 40.1 Å². The molecule has 0 radical (unpaired) electrons. The van der Waals surface area contributed by atoms with Gasteiger partial charge in [0.2, 0.25) is 5.91 Å². The van der Waals surface area contributed by atoms with Gasteiger partial charge in [0.25, 0.3) is 0 Å². The maximum Gasteiger partial charge on any atom is 0.343 e. The predicted molar refractivity (Wildman–Crippen MR) is 111 cm³/mol. The molecule has 8 heteroatoms. The fourth-order valence-corrected chi connectivity index (χ4v) is 3.74. The Morgan fingerprint density at radius 3 is 2.86 bits per heavy atom. The van der Waals surface area contributed by atoms with E-state index >= 15 is 0 Å². The molecule has 2 N–H and O–H groups in total. The summed E-state index contributed by atoms with van der Waals surface area (Å²) >= 11 is 1.24. The number of hydrogen-bond donors (Lipinski definition) is 2. The van der Waals surface area contributed by atoms with Gasteiger partial charge in [-0.25, -0.2) is 9.89 Å². The second-order valence-electron chi connectivity index (χ2n) is 6.49. The Morgan fingerprint density at radius 2 is 2.07 bits per heavy atom. The van der Waals surface area contributed by atoms with Gasteiger partial charge in [-0.05, 0) is 35.7 Å². The van der Waals surface area contributed by atoms with E-state index in [0.29, 0.717) is 24.7 Å². The van der Waals surface area contributed by atoms with Crippen LogP contribution in [0.3, 0.4) is 0 Å². The van der Waals surface area contributed by atoms with Gasteiger partial charge in [-0.3, -0.25) is 9.36 Å². The number of methoxy groups -OCH3 is 1. The topological polar surface area (TPSA) is 89.0 Å². The number of aromatic nitrogens is 3. The Kier molecular flexibility index (Phi) is 6.89. The monoisotopic (exact) mass is 400 g/mol. The highest BCUT2D eigenvalue weighted by Crippen LogP contribution is 2.21. The summed E-state index contributed by atoms with van der Waals surface area (Å²) in [5, 5.41) is 12.3. The van der Waals surface area contributed by atoms with E-state index in [9.17, 15) is 9.59 Å². The van der Waals surface area contributed by atoms with Crippen LogP contribution in [0.1, 0.15) is 24.9 Å². The van der Waals surface area contributed by atoms with Gasteiger partial charge in [0.05, 0.1) is 11.8 Å². The molecular formula is C20H24N4O3S. The first-order valence-corrected chi connectivity index (χ1v) is 10.1. The van der Waals surface area contributed by atoms with Crippen LogP contribution in [0, 0.1) is 0 Å². The molecule has 2 aromatic carbocycles. The number of aromatic amines is 1. The molecule has 28 heavy (non-hydrogen) atoms. The van der Waals surface area contributed by atoms with Crippen LogP contribution >= 0.6 is 11.8 Å². The fraction of sp³-hybridized carbons (Fsp3) is 0.350. The lowest BCUT2D eigenvalue weighted by Gasteiger charge is -2.15. The van der Waals surface area contributed by atoms with E-state index in [1.165, 1.54) is 21.7 Å². The zero-order valence-electron chi connectivity index (χ0n) is 16.0. The average molecular weight is 401 g/mol. The van der Waals surface area contributed by atoms with Crippen molar-refractivity contribution < 1.29 is 9.53 Å². The molecule has 0 aliphatic heterocycles. The number of thioether (sulfide) groups is 1. The molecule has 3 aromatic rings. The van der Waals surface area contributed by atoms with Crippen molar-refractivity contribution in [3.8, 4) is 0 Å². The number of hydrogen-bond acceptors (Lipinski definition) is 5. The third kappa shape index (κ3) is 5.02. The first-order chi connectivity index (χ1) is 13.6. The summed E-state index contributed by atoms with van der Waals surface area (Å²) in [5.74, 6) is 0.0801. The van der Waals surface area contributed by atoms with Crippen molar-refractivity contribution in [2.45, 2.75) is 31.1 Å². The zero-order valence-corrected chi connectivity index (χ0v) is 16.8. The molecular weight excluding hydrogens is 376 g/mol. The van der Waals surface area contributed by atoms with Crippen LogP contribution in [0.5, 0.6) is 0 Å². The average Bonchev–Trinajstić information content (AvgIpc) is 3.06. The van der Waals surface area contributed by atoms with Crippen LogP contribution in [0.15, 0.2) is 52.4 Å². The molecule has 0 saturated carbocycles. The van der Waals surface area contributed by atoms with E-state index in [-0.39, 0.29) is 23.4 Å². The summed E-state index contributed by atoms with van der Waals surface area (Å²) in [7, 11) is 1.62. The lowest BCUT2D eigenvalue weighted by Crippen LogP contribution is -2.28. The SMILES string of the molecule is COCCCn1c(SCC(=O)NC(C)c2ccc3ccccc3c2)n[nH]c1=O. The smallest absolute Gasteiger partial charge is 0.343 e. The maximum atomic E-state index is 12.4. The number of fused-ring (bicyclic) bond motifs is 1. The minimum Gasteiger partial charge on any atom is -0.385 e. The van der Waals surface area contributed by atoms with Crippen LogP contribution < -0.4 is 11.0 Å². The van der Waals surface area contributed by atoms with Crippen molar-refractivity contribution in [2.75, 3.05) is 19.5 Å². The van der Waals surface area contributed by atoms with E-state index in [2.05, 4.69) is 39.8 Å². The van der Waals surface area contributed by atoms with Crippen molar-refractivity contribution in [2.24, 2.45) is 0 Å². The van der Waals surface area contributed by atoms with Crippen molar-refractivity contribution in [1.82, 2.24) is 20.1 Å². The fourth-order valence-electron chi connectivity index (χ4n) is 2.95. The van der Waals surface area contributed by atoms with Crippen molar-refractivity contribution in [1.29, 1.82) is 0 Å². The zero-order chi connectivity index (χ0) is 19.9. The van der Waals surface area contributed by atoms with Crippen molar-refractivity contribution in [3.63, 3.8) is 0 Å². The van der Waals surface area contributed by atoms with Gasteiger partial charge < -0.3 is 10.1 Å². The number of benzene rings is 2. The molecule has 0 fully saturated rings. The van der Waals surface area contributed by atoms with E-state index in [4.69, 9.17) is 4.74 Å². The lowest BCUT2D eigenvalue weighted by atomic mass is 10.0. The molecule has 1 atom stereocenters. The van der Waals surface area contributed by atoms with Gasteiger partial charge in [-0.15, -0.1) is 5.10 Å². The summed E-state index contributed by atoms with van der Waals surface area (Å²) in [6, 6.07) is 14.2. The molecule has 0 aliphatic carbocycles. The lowest BCUT2D eigenvalue weighted by molar-refractivity contribution is -0.119. The third-order valence-corrected chi connectivity index (χ3v) is 5.41. The number of H-pyrrole nitrogens is 1. The van der Waals surface area contributed by atoms with E-state index < -0.39 is 0 Å². The summed E-state index contributed by atoms with van der Waals surface area (Å²) in [6.07, 6.45) is 0.703.